The third-order valence-corrected chi connectivity index (χ3v) is 4.30. The van der Waals surface area contributed by atoms with E-state index in [4.69, 9.17) is 4.52 Å². The molecule has 0 aliphatic carbocycles. The Morgan fingerprint density at radius 3 is 2.40 bits per heavy atom. The third-order valence-electron chi connectivity index (χ3n) is 4.30. The molecule has 25 heavy (non-hydrogen) atoms. The van der Waals surface area contributed by atoms with Crippen LogP contribution in [0.5, 0.6) is 0 Å². The van der Waals surface area contributed by atoms with Crippen LogP contribution < -0.4 is 11.2 Å². The molecule has 0 saturated carbocycles. The number of nitrogens with zero attached hydrogens (tertiary/aromatic N) is 5. The predicted molar refractivity (Wildman–Crippen MR) is 92.1 cm³/mol. The minimum atomic E-state index is -0.388. The van der Waals surface area contributed by atoms with E-state index in [1.807, 2.05) is 30.3 Å². The molecule has 8 nitrogen and oxygen atoms in total. The Hall–Kier alpha value is -3.42. The Morgan fingerprint density at radius 2 is 1.68 bits per heavy atom. The Morgan fingerprint density at radius 1 is 0.960 bits per heavy atom. The molecule has 1 aromatic carbocycles. The second-order valence-electron chi connectivity index (χ2n) is 5.82. The molecule has 4 rings (SSSR count). The zero-order chi connectivity index (χ0) is 17.7. The highest BCUT2D eigenvalue weighted by Crippen LogP contribution is 2.25. The Bertz CT molecular complexity index is 1210. The lowest BCUT2D eigenvalue weighted by atomic mass is 10.2. The molecule has 0 saturated heterocycles. The summed E-state index contributed by atoms with van der Waals surface area (Å²) in [6.07, 6.45) is 0. The topological polar surface area (TPSA) is 87.8 Å². The van der Waals surface area contributed by atoms with Crippen molar-refractivity contribution in [3.05, 3.63) is 57.2 Å². The van der Waals surface area contributed by atoms with E-state index in [9.17, 15) is 9.59 Å². The molecule has 0 atom stereocenters. The van der Waals surface area contributed by atoms with E-state index in [1.165, 1.54) is 11.6 Å². The summed E-state index contributed by atoms with van der Waals surface area (Å²) in [5.74, 6) is 0.745. The minimum Gasteiger partial charge on any atom is -0.332 e. The van der Waals surface area contributed by atoms with Crippen LogP contribution in [0.4, 0.5) is 0 Å². The van der Waals surface area contributed by atoms with Crippen LogP contribution in [0.3, 0.4) is 0 Å². The molecule has 0 aliphatic rings. The smallest absolute Gasteiger partial charge is 0.332 e. The predicted octanol–water partition coefficient (Wildman–Crippen LogP) is 1.29. The van der Waals surface area contributed by atoms with E-state index in [-0.39, 0.29) is 17.1 Å². The van der Waals surface area contributed by atoms with Gasteiger partial charge in [-0.15, -0.1) is 0 Å². The number of rotatable bonds is 2. The molecule has 0 unspecified atom stereocenters. The van der Waals surface area contributed by atoms with E-state index < -0.39 is 0 Å². The van der Waals surface area contributed by atoms with Crippen molar-refractivity contribution in [1.82, 2.24) is 23.8 Å². The molecule has 0 amide bonds. The second kappa shape index (κ2) is 5.30. The summed E-state index contributed by atoms with van der Waals surface area (Å²) in [6.45, 7) is 0. The first-order valence-corrected chi connectivity index (χ1v) is 7.64. The number of aryl methyl sites for hydroxylation is 2. The van der Waals surface area contributed by atoms with Crippen molar-refractivity contribution in [3.63, 3.8) is 0 Å². The van der Waals surface area contributed by atoms with Gasteiger partial charge in [-0.25, -0.2) is 4.79 Å². The van der Waals surface area contributed by atoms with Gasteiger partial charge in [0.15, 0.2) is 0 Å². The van der Waals surface area contributed by atoms with Crippen LogP contribution in [0.15, 0.2) is 50.5 Å². The monoisotopic (exact) mass is 337 g/mol. The molecule has 0 radical (unpaired) electrons. The fraction of sp³-hybridized carbons (Fsp3) is 0.176. The standard InChI is InChI=1S/C17H15N5O3/c1-20-12(9-11-15(20)21(2)17(24)22(3)16(11)23)14-18-13(19-25-14)10-7-5-4-6-8-10/h4-9H,1-3H3. The van der Waals surface area contributed by atoms with Gasteiger partial charge in [0.25, 0.3) is 11.4 Å². The van der Waals surface area contributed by atoms with Crippen molar-refractivity contribution in [2.24, 2.45) is 21.1 Å². The summed E-state index contributed by atoms with van der Waals surface area (Å²) in [5.41, 5.74) is 1.16. The summed E-state index contributed by atoms with van der Waals surface area (Å²) in [5, 5.41) is 4.42. The molecule has 0 fully saturated rings. The van der Waals surface area contributed by atoms with Gasteiger partial charge in [-0.3, -0.25) is 13.9 Å². The molecule has 3 heterocycles. The highest BCUT2D eigenvalue weighted by Gasteiger charge is 2.20. The Balaban J connectivity index is 1.95. The zero-order valence-electron chi connectivity index (χ0n) is 13.9. The lowest BCUT2D eigenvalue weighted by Gasteiger charge is -2.06. The van der Waals surface area contributed by atoms with Crippen molar-refractivity contribution < 1.29 is 4.52 Å². The molecular weight excluding hydrogens is 322 g/mol. The van der Waals surface area contributed by atoms with Gasteiger partial charge >= 0.3 is 5.69 Å². The minimum absolute atomic E-state index is 0.284. The van der Waals surface area contributed by atoms with Gasteiger partial charge in [0.1, 0.15) is 11.3 Å². The highest BCUT2D eigenvalue weighted by molar-refractivity contribution is 5.82. The number of hydrogen-bond acceptors (Lipinski definition) is 5. The van der Waals surface area contributed by atoms with E-state index in [0.29, 0.717) is 22.6 Å². The average molecular weight is 337 g/mol. The lowest BCUT2D eigenvalue weighted by Crippen LogP contribution is -2.37. The first kappa shape index (κ1) is 15.1. The summed E-state index contributed by atoms with van der Waals surface area (Å²) in [6, 6.07) is 11.1. The first-order valence-electron chi connectivity index (χ1n) is 7.64. The maximum atomic E-state index is 12.4. The van der Waals surface area contributed by atoms with Gasteiger partial charge < -0.3 is 9.09 Å². The fourth-order valence-electron chi connectivity index (χ4n) is 2.98. The Labute approximate surface area is 141 Å². The number of hydrogen-bond donors (Lipinski definition) is 0. The maximum absolute atomic E-state index is 12.4. The van der Waals surface area contributed by atoms with Crippen molar-refractivity contribution in [2.45, 2.75) is 0 Å². The molecule has 0 aliphatic heterocycles. The summed E-state index contributed by atoms with van der Waals surface area (Å²) in [7, 11) is 4.83. The first-order chi connectivity index (χ1) is 12.0. The molecule has 126 valence electrons. The quantitative estimate of drug-likeness (QED) is 0.550. The molecule has 0 N–H and O–H groups in total. The van der Waals surface area contributed by atoms with E-state index in [2.05, 4.69) is 10.1 Å². The van der Waals surface area contributed by atoms with Crippen LogP contribution >= 0.6 is 0 Å². The summed E-state index contributed by atoms with van der Waals surface area (Å²) in [4.78, 5) is 29.0. The van der Waals surface area contributed by atoms with Gasteiger partial charge in [0.05, 0.1) is 5.39 Å². The van der Waals surface area contributed by atoms with Gasteiger partial charge in [-0.1, -0.05) is 35.5 Å². The molecular formula is C17H15N5O3. The number of aromatic nitrogens is 5. The summed E-state index contributed by atoms with van der Waals surface area (Å²) < 4.78 is 9.59. The second-order valence-corrected chi connectivity index (χ2v) is 5.82. The molecule has 8 heteroatoms. The van der Waals surface area contributed by atoms with Crippen LogP contribution in [-0.4, -0.2) is 23.8 Å². The van der Waals surface area contributed by atoms with Gasteiger partial charge in [0.2, 0.25) is 5.82 Å². The van der Waals surface area contributed by atoms with Crippen LogP contribution in [0, 0.1) is 0 Å². The van der Waals surface area contributed by atoms with Crippen LogP contribution in [0.25, 0.3) is 34.0 Å². The molecule has 4 aromatic rings. The lowest BCUT2D eigenvalue weighted by molar-refractivity contribution is 0.429. The normalized spacial score (nSPS) is 11.3. The molecule has 3 aromatic heterocycles. The summed E-state index contributed by atoms with van der Waals surface area (Å²) >= 11 is 0. The van der Waals surface area contributed by atoms with Crippen LogP contribution in [-0.2, 0) is 21.1 Å². The van der Waals surface area contributed by atoms with Crippen molar-refractivity contribution in [1.29, 1.82) is 0 Å². The van der Waals surface area contributed by atoms with Crippen LogP contribution in [0.2, 0.25) is 0 Å². The Kier molecular flexibility index (Phi) is 3.21. The highest BCUT2D eigenvalue weighted by atomic mass is 16.5. The number of fused-ring (bicyclic) bond motifs is 1. The van der Waals surface area contributed by atoms with Gasteiger partial charge in [-0.05, 0) is 6.07 Å². The molecule has 0 bridgehead atoms. The van der Waals surface area contributed by atoms with Crippen molar-refractivity contribution >= 4 is 11.0 Å². The average Bonchev–Trinajstić information content (AvgIpc) is 3.24. The number of benzene rings is 1. The van der Waals surface area contributed by atoms with Gasteiger partial charge in [-0.2, -0.15) is 4.98 Å². The van der Waals surface area contributed by atoms with Crippen LogP contribution in [0.1, 0.15) is 0 Å². The van der Waals surface area contributed by atoms with E-state index in [1.54, 1.807) is 24.7 Å². The third kappa shape index (κ3) is 2.14. The molecule has 0 spiro atoms. The zero-order valence-corrected chi connectivity index (χ0v) is 13.9. The van der Waals surface area contributed by atoms with Crippen molar-refractivity contribution in [2.75, 3.05) is 0 Å². The van der Waals surface area contributed by atoms with Crippen molar-refractivity contribution in [3.8, 4) is 23.0 Å². The van der Waals surface area contributed by atoms with Gasteiger partial charge in [0, 0.05) is 26.7 Å². The maximum Gasteiger partial charge on any atom is 0.332 e. The largest absolute Gasteiger partial charge is 0.332 e. The SMILES string of the molecule is Cn1c(=O)c2cc(-c3nc(-c4ccccc4)no3)n(C)c2n(C)c1=O. The van der Waals surface area contributed by atoms with E-state index in [0.717, 1.165) is 10.1 Å². The fourth-order valence-corrected chi connectivity index (χ4v) is 2.98. The van der Waals surface area contributed by atoms with E-state index >= 15 is 0 Å².